The van der Waals surface area contributed by atoms with Crippen molar-refractivity contribution in [2.24, 2.45) is 5.92 Å². The largest absolute Gasteiger partial charge is 0.490 e. The highest BCUT2D eigenvalue weighted by atomic mass is 79.9. The van der Waals surface area contributed by atoms with Crippen LogP contribution in [0.4, 0.5) is 0 Å². The minimum atomic E-state index is -0.0708. The Morgan fingerprint density at radius 1 is 1.39 bits per heavy atom. The predicted molar refractivity (Wildman–Crippen MR) is 97.1 cm³/mol. The minimum absolute atomic E-state index is 0.0335. The zero-order valence-electron chi connectivity index (χ0n) is 14.3. The third-order valence-corrected chi connectivity index (χ3v) is 4.63. The van der Waals surface area contributed by atoms with Gasteiger partial charge in [0, 0.05) is 17.6 Å². The van der Waals surface area contributed by atoms with E-state index < -0.39 is 0 Å². The second kappa shape index (κ2) is 8.69. The number of halogens is 1. The van der Waals surface area contributed by atoms with E-state index in [2.05, 4.69) is 33.1 Å². The van der Waals surface area contributed by atoms with Gasteiger partial charge in [-0.05, 0) is 63.9 Å². The highest BCUT2D eigenvalue weighted by molar-refractivity contribution is 9.10. The van der Waals surface area contributed by atoms with Crippen LogP contribution in [-0.2, 0) is 0 Å². The molecule has 5 heteroatoms. The monoisotopic (exact) mass is 382 g/mol. The highest BCUT2D eigenvalue weighted by Crippen LogP contribution is 2.24. The number of rotatable bonds is 6. The third kappa shape index (κ3) is 5.81. The lowest BCUT2D eigenvalue weighted by Crippen LogP contribution is -2.39. The normalized spacial score (nSPS) is 16.6. The van der Waals surface area contributed by atoms with E-state index in [1.165, 1.54) is 12.8 Å². The molecule has 2 rings (SSSR count). The fourth-order valence-corrected chi connectivity index (χ4v) is 3.08. The van der Waals surface area contributed by atoms with Crippen LogP contribution in [0.15, 0.2) is 22.7 Å². The van der Waals surface area contributed by atoms with E-state index in [0.29, 0.717) is 17.9 Å². The quantitative estimate of drug-likeness (QED) is 0.815. The number of piperidine rings is 1. The van der Waals surface area contributed by atoms with E-state index in [0.717, 1.165) is 30.0 Å². The van der Waals surface area contributed by atoms with E-state index in [-0.39, 0.29) is 12.0 Å². The topological polar surface area (TPSA) is 41.6 Å². The Morgan fingerprint density at radius 3 is 2.74 bits per heavy atom. The molecule has 0 spiro atoms. The Balaban J connectivity index is 1.87. The standard InChI is InChI=1S/C18H27BrN2O2/c1-13(2)23-17-12-15(19)4-5-16(17)18(22)20-8-11-21-9-6-14(3)7-10-21/h4-5,12-14H,6-11H2,1-3H3,(H,20,22). The van der Waals surface area contributed by atoms with Gasteiger partial charge in [-0.2, -0.15) is 0 Å². The van der Waals surface area contributed by atoms with Crippen LogP contribution in [0, 0.1) is 5.92 Å². The third-order valence-electron chi connectivity index (χ3n) is 4.14. The summed E-state index contributed by atoms with van der Waals surface area (Å²) in [7, 11) is 0. The Morgan fingerprint density at radius 2 is 2.09 bits per heavy atom. The van der Waals surface area contributed by atoms with Gasteiger partial charge in [0.2, 0.25) is 0 Å². The molecule has 0 saturated carbocycles. The summed E-state index contributed by atoms with van der Waals surface area (Å²) in [5.74, 6) is 1.39. The molecule has 1 amide bonds. The molecule has 1 fully saturated rings. The van der Waals surface area contributed by atoms with Crippen molar-refractivity contribution < 1.29 is 9.53 Å². The molecule has 0 aromatic heterocycles. The molecule has 1 N–H and O–H groups in total. The minimum Gasteiger partial charge on any atom is -0.490 e. The molecule has 1 saturated heterocycles. The first-order valence-corrected chi connectivity index (χ1v) is 9.21. The fourth-order valence-electron chi connectivity index (χ4n) is 2.74. The number of benzene rings is 1. The van der Waals surface area contributed by atoms with Gasteiger partial charge in [0.15, 0.2) is 0 Å². The van der Waals surface area contributed by atoms with Gasteiger partial charge in [0.1, 0.15) is 5.75 Å². The number of hydrogen-bond acceptors (Lipinski definition) is 3. The smallest absolute Gasteiger partial charge is 0.255 e. The number of likely N-dealkylation sites (tertiary alicyclic amines) is 1. The first kappa shape index (κ1) is 18.3. The second-order valence-corrected chi connectivity index (χ2v) is 7.50. The Hall–Kier alpha value is -1.07. The molecule has 0 radical (unpaired) electrons. The van der Waals surface area contributed by atoms with Crippen molar-refractivity contribution >= 4 is 21.8 Å². The number of amides is 1. The molecular weight excluding hydrogens is 356 g/mol. The van der Waals surface area contributed by atoms with E-state index in [9.17, 15) is 4.79 Å². The average molecular weight is 383 g/mol. The van der Waals surface area contributed by atoms with Crippen molar-refractivity contribution in [3.8, 4) is 5.75 Å². The number of nitrogens with zero attached hydrogens (tertiary/aromatic N) is 1. The molecular formula is C18H27BrN2O2. The molecule has 23 heavy (non-hydrogen) atoms. The van der Waals surface area contributed by atoms with Crippen molar-refractivity contribution in [2.75, 3.05) is 26.2 Å². The summed E-state index contributed by atoms with van der Waals surface area (Å²) in [4.78, 5) is 14.9. The molecule has 0 aliphatic carbocycles. The summed E-state index contributed by atoms with van der Waals surface area (Å²) in [6.07, 6.45) is 2.55. The van der Waals surface area contributed by atoms with Crippen molar-refractivity contribution in [3.05, 3.63) is 28.2 Å². The Labute approximate surface area is 147 Å². The molecule has 4 nitrogen and oxygen atoms in total. The van der Waals surface area contributed by atoms with Crippen LogP contribution in [-0.4, -0.2) is 43.1 Å². The van der Waals surface area contributed by atoms with Crippen LogP contribution >= 0.6 is 15.9 Å². The lowest BCUT2D eigenvalue weighted by Gasteiger charge is -2.30. The first-order chi connectivity index (χ1) is 11.0. The molecule has 1 aromatic carbocycles. The maximum atomic E-state index is 12.4. The summed E-state index contributed by atoms with van der Waals surface area (Å²) in [6.45, 7) is 10.1. The molecule has 1 aromatic rings. The molecule has 0 atom stereocenters. The first-order valence-electron chi connectivity index (χ1n) is 8.42. The van der Waals surface area contributed by atoms with E-state index in [1.807, 2.05) is 26.0 Å². The van der Waals surface area contributed by atoms with Gasteiger partial charge in [-0.3, -0.25) is 4.79 Å². The van der Waals surface area contributed by atoms with Crippen molar-refractivity contribution in [3.63, 3.8) is 0 Å². The molecule has 0 unspecified atom stereocenters. The lowest BCUT2D eigenvalue weighted by atomic mass is 9.99. The molecule has 1 heterocycles. The Bertz CT molecular complexity index is 526. The summed E-state index contributed by atoms with van der Waals surface area (Å²) < 4.78 is 6.66. The zero-order valence-corrected chi connectivity index (χ0v) is 15.9. The zero-order chi connectivity index (χ0) is 16.8. The summed E-state index contributed by atoms with van der Waals surface area (Å²) in [5, 5.41) is 3.01. The molecule has 1 aliphatic heterocycles. The van der Waals surface area contributed by atoms with Gasteiger partial charge < -0.3 is 15.0 Å². The van der Waals surface area contributed by atoms with Crippen LogP contribution in [0.25, 0.3) is 0 Å². The van der Waals surface area contributed by atoms with Gasteiger partial charge in [-0.15, -0.1) is 0 Å². The number of ether oxygens (including phenoxy) is 1. The number of carbonyl (C=O) groups excluding carboxylic acids is 1. The average Bonchev–Trinajstić information content (AvgIpc) is 2.48. The van der Waals surface area contributed by atoms with Gasteiger partial charge in [-0.25, -0.2) is 0 Å². The lowest BCUT2D eigenvalue weighted by molar-refractivity contribution is 0.0938. The van der Waals surface area contributed by atoms with Crippen LogP contribution in [0.5, 0.6) is 5.75 Å². The Kier molecular flexibility index (Phi) is 6.90. The highest BCUT2D eigenvalue weighted by Gasteiger charge is 2.17. The van der Waals surface area contributed by atoms with Gasteiger partial charge in [0.05, 0.1) is 11.7 Å². The van der Waals surface area contributed by atoms with Crippen LogP contribution in [0.1, 0.15) is 44.0 Å². The van der Waals surface area contributed by atoms with Crippen LogP contribution in [0.3, 0.4) is 0 Å². The predicted octanol–water partition coefficient (Wildman–Crippen LogP) is 3.70. The SMILES string of the molecule is CC1CCN(CCNC(=O)c2ccc(Br)cc2OC(C)C)CC1. The maximum Gasteiger partial charge on any atom is 0.255 e. The molecule has 128 valence electrons. The summed E-state index contributed by atoms with van der Waals surface area (Å²) >= 11 is 3.43. The second-order valence-electron chi connectivity index (χ2n) is 6.59. The van der Waals surface area contributed by atoms with Crippen molar-refractivity contribution in [2.45, 2.75) is 39.7 Å². The van der Waals surface area contributed by atoms with E-state index >= 15 is 0 Å². The van der Waals surface area contributed by atoms with Crippen LogP contribution < -0.4 is 10.1 Å². The molecule has 1 aliphatic rings. The van der Waals surface area contributed by atoms with Crippen LogP contribution in [0.2, 0.25) is 0 Å². The van der Waals surface area contributed by atoms with E-state index in [4.69, 9.17) is 4.74 Å². The maximum absolute atomic E-state index is 12.4. The molecule has 0 bridgehead atoms. The number of nitrogens with one attached hydrogen (secondary N) is 1. The summed E-state index contributed by atoms with van der Waals surface area (Å²) in [5.41, 5.74) is 0.592. The van der Waals surface area contributed by atoms with E-state index in [1.54, 1.807) is 6.07 Å². The van der Waals surface area contributed by atoms with Crippen molar-refractivity contribution in [1.29, 1.82) is 0 Å². The van der Waals surface area contributed by atoms with Gasteiger partial charge in [0.25, 0.3) is 5.91 Å². The van der Waals surface area contributed by atoms with Gasteiger partial charge in [-0.1, -0.05) is 22.9 Å². The number of hydrogen-bond donors (Lipinski definition) is 1. The summed E-state index contributed by atoms with van der Waals surface area (Å²) in [6, 6.07) is 5.52. The van der Waals surface area contributed by atoms with Gasteiger partial charge >= 0.3 is 0 Å². The number of carbonyl (C=O) groups is 1. The fraction of sp³-hybridized carbons (Fsp3) is 0.611. The van der Waals surface area contributed by atoms with Crippen molar-refractivity contribution in [1.82, 2.24) is 10.2 Å².